The van der Waals surface area contributed by atoms with Crippen LogP contribution in [0.3, 0.4) is 0 Å². The van der Waals surface area contributed by atoms with Gasteiger partial charge in [-0.25, -0.2) is 9.13 Å². The number of ether oxygens (including phenoxy) is 4. The smallest absolute Gasteiger partial charge is 0.462 e. The van der Waals surface area contributed by atoms with Gasteiger partial charge in [-0.15, -0.1) is 0 Å². The summed E-state index contributed by atoms with van der Waals surface area (Å²) in [7, 11) is -9.89. The second kappa shape index (κ2) is 60.0. The van der Waals surface area contributed by atoms with Gasteiger partial charge in [0.25, 0.3) is 0 Å². The molecule has 522 valence electrons. The summed E-state index contributed by atoms with van der Waals surface area (Å²) in [5.41, 5.74) is 0. The van der Waals surface area contributed by atoms with Crippen LogP contribution in [0.2, 0.25) is 0 Å². The average Bonchev–Trinajstić information content (AvgIpc) is 3.59. The Balaban J connectivity index is 5.16. The van der Waals surface area contributed by atoms with E-state index in [2.05, 4.69) is 48.5 Å². The Kier molecular flexibility index (Phi) is 58.7. The van der Waals surface area contributed by atoms with Crippen molar-refractivity contribution in [1.29, 1.82) is 0 Å². The zero-order chi connectivity index (χ0) is 65.2. The van der Waals surface area contributed by atoms with Gasteiger partial charge in [-0.2, -0.15) is 0 Å². The summed E-state index contributed by atoms with van der Waals surface area (Å²) in [6.45, 7) is 11.8. The van der Waals surface area contributed by atoms with E-state index in [-0.39, 0.29) is 25.7 Å². The molecule has 17 nitrogen and oxygen atoms in total. The van der Waals surface area contributed by atoms with Crippen LogP contribution in [0.15, 0.2) is 0 Å². The van der Waals surface area contributed by atoms with E-state index in [1.807, 2.05) is 0 Å². The minimum atomic E-state index is -4.95. The molecular weight excluding hydrogens is 1160 g/mol. The first kappa shape index (κ1) is 86.1. The van der Waals surface area contributed by atoms with Crippen LogP contribution in [0.5, 0.6) is 0 Å². The second-order valence-corrected chi connectivity index (χ2v) is 28.8. The molecule has 0 amide bonds. The highest BCUT2D eigenvalue weighted by Gasteiger charge is 2.30. The predicted octanol–water partition coefficient (Wildman–Crippen LogP) is 19.5. The van der Waals surface area contributed by atoms with Crippen LogP contribution >= 0.6 is 15.6 Å². The number of aliphatic hydroxyl groups excluding tert-OH is 1. The Morgan fingerprint density at radius 2 is 0.580 bits per heavy atom. The van der Waals surface area contributed by atoms with Crippen LogP contribution < -0.4 is 0 Å². The number of aliphatic hydroxyl groups is 1. The SMILES string of the molecule is CCCCCCCC(=O)OC[C@H](COP(=O)(O)OC[C@H](O)COP(=O)(O)OC[C@@H](COC(=O)CCCCCCCCCCCCC(C)CC)OC(=O)CCCCCCCCCCCCCCCCCCC(C)C)OC(=O)CCCCCCCCC(C)CC. The van der Waals surface area contributed by atoms with E-state index < -0.39 is 97.5 Å². The largest absolute Gasteiger partial charge is 0.472 e. The Morgan fingerprint density at radius 1 is 0.330 bits per heavy atom. The number of phosphoric ester groups is 2. The van der Waals surface area contributed by atoms with Gasteiger partial charge in [0.05, 0.1) is 26.4 Å². The number of unbranched alkanes of at least 4 members (excludes halogenated alkanes) is 33. The van der Waals surface area contributed by atoms with E-state index in [0.717, 1.165) is 114 Å². The quantitative estimate of drug-likeness (QED) is 0.0222. The van der Waals surface area contributed by atoms with Crippen molar-refractivity contribution in [3.8, 4) is 0 Å². The lowest BCUT2D eigenvalue weighted by atomic mass is 9.99. The maximum absolute atomic E-state index is 13.0. The summed E-state index contributed by atoms with van der Waals surface area (Å²) in [4.78, 5) is 72.2. The minimum absolute atomic E-state index is 0.102. The molecule has 7 atom stereocenters. The normalized spacial score (nSPS) is 14.9. The lowest BCUT2D eigenvalue weighted by Crippen LogP contribution is -2.30. The van der Waals surface area contributed by atoms with E-state index in [4.69, 9.17) is 37.0 Å². The van der Waals surface area contributed by atoms with Crippen LogP contribution in [0, 0.1) is 17.8 Å². The Hall–Kier alpha value is -1.94. The third-order valence-electron chi connectivity index (χ3n) is 16.6. The van der Waals surface area contributed by atoms with Crippen molar-refractivity contribution < 1.29 is 80.2 Å². The molecule has 0 bridgehead atoms. The minimum Gasteiger partial charge on any atom is -0.462 e. The van der Waals surface area contributed by atoms with Gasteiger partial charge in [0, 0.05) is 25.7 Å². The molecule has 0 saturated heterocycles. The summed E-state index contributed by atoms with van der Waals surface area (Å²) >= 11 is 0. The molecular formula is C69H134O17P2. The maximum Gasteiger partial charge on any atom is 0.472 e. The Labute approximate surface area is 537 Å². The van der Waals surface area contributed by atoms with Crippen LogP contribution in [0.4, 0.5) is 0 Å². The molecule has 0 aliphatic heterocycles. The number of carbonyl (C=O) groups is 4. The first-order valence-corrected chi connectivity index (χ1v) is 38.9. The molecule has 0 saturated carbocycles. The summed E-state index contributed by atoms with van der Waals surface area (Å²) in [5.74, 6) is 0.198. The van der Waals surface area contributed by atoms with Crippen molar-refractivity contribution in [1.82, 2.24) is 0 Å². The van der Waals surface area contributed by atoms with Crippen molar-refractivity contribution in [2.45, 2.75) is 362 Å². The number of hydrogen-bond donors (Lipinski definition) is 3. The number of rotatable bonds is 67. The van der Waals surface area contributed by atoms with Crippen LogP contribution in [0.25, 0.3) is 0 Å². The first-order valence-electron chi connectivity index (χ1n) is 35.9. The Morgan fingerprint density at radius 3 is 0.864 bits per heavy atom. The molecule has 0 radical (unpaired) electrons. The standard InChI is InChI=1S/C69H134O17P2/c1-8-11-12-33-43-50-66(71)79-56-64(86-69(74)53-46-39-32-31-36-42-49-62(7)10-3)58-83-87(75,76)81-54-63(70)55-82-88(77,78)84-59-65(57-80-67(72)51-44-37-29-25-22-21-24-28-35-41-48-61(6)9-2)85-68(73)52-45-38-30-26-20-18-16-14-13-15-17-19-23-27-34-40-47-60(4)5/h60-65,70H,8-59H2,1-7H3,(H,75,76)(H,77,78)/t61?,62?,63-,64+,65+/m0/s1. The second-order valence-electron chi connectivity index (χ2n) is 25.9. The zero-order valence-corrected chi connectivity index (χ0v) is 59.0. The van der Waals surface area contributed by atoms with Gasteiger partial charge in [-0.1, -0.05) is 292 Å². The van der Waals surface area contributed by atoms with Gasteiger partial charge in [0.15, 0.2) is 12.2 Å². The van der Waals surface area contributed by atoms with Crippen LogP contribution in [-0.4, -0.2) is 96.7 Å². The molecule has 88 heavy (non-hydrogen) atoms. The van der Waals surface area contributed by atoms with E-state index >= 15 is 0 Å². The van der Waals surface area contributed by atoms with Crippen LogP contribution in [0.1, 0.15) is 344 Å². The topological polar surface area (TPSA) is 237 Å². The molecule has 0 rings (SSSR count). The molecule has 0 spiro atoms. The number of phosphoric acid groups is 2. The van der Waals surface area contributed by atoms with Crippen molar-refractivity contribution in [3.63, 3.8) is 0 Å². The molecule has 4 unspecified atom stereocenters. The van der Waals surface area contributed by atoms with Gasteiger partial charge < -0.3 is 33.8 Å². The average molecular weight is 1300 g/mol. The van der Waals surface area contributed by atoms with Gasteiger partial charge in [0.1, 0.15) is 19.3 Å². The summed E-state index contributed by atoms with van der Waals surface area (Å²) in [6.07, 6.45) is 43.5. The van der Waals surface area contributed by atoms with Gasteiger partial charge in [0.2, 0.25) is 0 Å². The monoisotopic (exact) mass is 1300 g/mol. The molecule has 0 fully saturated rings. The number of carbonyl (C=O) groups excluding carboxylic acids is 4. The number of hydrogen-bond acceptors (Lipinski definition) is 15. The van der Waals surface area contributed by atoms with Crippen LogP contribution in [-0.2, 0) is 65.4 Å². The van der Waals surface area contributed by atoms with E-state index in [1.54, 1.807) is 0 Å². The molecule has 3 N–H and O–H groups in total. The fourth-order valence-corrected chi connectivity index (χ4v) is 11.9. The lowest BCUT2D eigenvalue weighted by molar-refractivity contribution is -0.161. The molecule has 0 aromatic carbocycles. The summed E-state index contributed by atoms with van der Waals surface area (Å²) < 4.78 is 68.0. The lowest BCUT2D eigenvalue weighted by Gasteiger charge is -2.21. The Bertz CT molecular complexity index is 1740. The number of esters is 4. The highest BCUT2D eigenvalue weighted by atomic mass is 31.2. The highest BCUT2D eigenvalue weighted by molar-refractivity contribution is 7.47. The molecule has 0 aromatic rings. The highest BCUT2D eigenvalue weighted by Crippen LogP contribution is 2.45. The van der Waals surface area contributed by atoms with E-state index in [9.17, 15) is 43.2 Å². The fraction of sp³-hybridized carbons (Fsp3) is 0.942. The van der Waals surface area contributed by atoms with Crippen molar-refractivity contribution in [2.24, 2.45) is 17.8 Å². The molecule has 0 aliphatic carbocycles. The van der Waals surface area contributed by atoms with Crippen molar-refractivity contribution in [2.75, 3.05) is 39.6 Å². The van der Waals surface area contributed by atoms with E-state index in [1.165, 1.54) is 148 Å². The van der Waals surface area contributed by atoms with Gasteiger partial charge in [-0.05, 0) is 43.4 Å². The summed E-state index contributed by atoms with van der Waals surface area (Å²) in [5, 5.41) is 10.5. The van der Waals surface area contributed by atoms with Crippen molar-refractivity contribution >= 4 is 39.5 Å². The predicted molar refractivity (Wildman–Crippen MR) is 354 cm³/mol. The van der Waals surface area contributed by atoms with E-state index in [0.29, 0.717) is 25.7 Å². The molecule has 19 heteroatoms. The molecule has 0 heterocycles. The summed E-state index contributed by atoms with van der Waals surface area (Å²) in [6, 6.07) is 0. The fourth-order valence-electron chi connectivity index (χ4n) is 10.3. The molecule has 0 aromatic heterocycles. The molecule has 0 aliphatic rings. The van der Waals surface area contributed by atoms with Gasteiger partial charge in [-0.3, -0.25) is 37.3 Å². The van der Waals surface area contributed by atoms with Gasteiger partial charge >= 0.3 is 39.5 Å². The zero-order valence-electron chi connectivity index (χ0n) is 57.2. The third-order valence-corrected chi connectivity index (χ3v) is 18.5. The first-order chi connectivity index (χ1) is 42.3. The third kappa shape index (κ3) is 60.3. The maximum atomic E-state index is 13.0. The van der Waals surface area contributed by atoms with Crippen molar-refractivity contribution in [3.05, 3.63) is 0 Å².